The molecule has 1 unspecified atom stereocenters. The molecule has 1 aromatic heterocycles. The number of likely N-dealkylation sites (N-methyl/N-ethyl adjacent to an activating group) is 1. The lowest BCUT2D eigenvalue weighted by Gasteiger charge is -2.47. The smallest absolute Gasteiger partial charge is 0.327 e. The van der Waals surface area contributed by atoms with Crippen molar-refractivity contribution in [1.82, 2.24) is 24.7 Å². The van der Waals surface area contributed by atoms with Crippen molar-refractivity contribution in [1.29, 1.82) is 0 Å². The van der Waals surface area contributed by atoms with Crippen LogP contribution in [0.2, 0.25) is 0 Å². The Labute approximate surface area is 187 Å². The van der Waals surface area contributed by atoms with E-state index in [0.29, 0.717) is 25.4 Å². The number of hydrogen-bond donors (Lipinski definition) is 1. The molecule has 32 heavy (non-hydrogen) atoms. The van der Waals surface area contributed by atoms with Crippen LogP contribution in [-0.4, -0.2) is 90.2 Å². The molecule has 3 fully saturated rings. The normalized spacial score (nSPS) is 24.7. The lowest BCUT2D eigenvalue weighted by Crippen LogP contribution is -2.62. The number of imidazole rings is 1. The minimum atomic E-state index is -2.54. The maximum atomic E-state index is 13.4. The third-order valence-corrected chi connectivity index (χ3v) is 7.32. The van der Waals surface area contributed by atoms with Crippen molar-refractivity contribution in [3.05, 3.63) is 24.5 Å². The summed E-state index contributed by atoms with van der Waals surface area (Å²) in [4.78, 5) is 24.6. The number of alkyl halides is 2. The van der Waals surface area contributed by atoms with E-state index in [0.717, 1.165) is 56.0 Å². The van der Waals surface area contributed by atoms with Gasteiger partial charge >= 0.3 is 6.03 Å². The number of anilines is 1. The predicted octanol–water partition coefficient (Wildman–Crippen LogP) is 2.86. The molecule has 0 spiro atoms. The first-order valence-electron chi connectivity index (χ1n) is 11.7. The fourth-order valence-corrected chi connectivity index (χ4v) is 5.42. The standard InChI is InChI=1S/C23H32F2N6O/c1-28-14-18(15-28)29-9-11-30(12-10-29)19-3-2-4-20-21(19)27-16-31(20)22(32)26-8-6-17-5-7-23(24,25)13-17/h2-4,16-18H,5-15H2,1H3,(H,26,32). The maximum absolute atomic E-state index is 13.4. The number of nitrogens with one attached hydrogen (secondary N) is 1. The summed E-state index contributed by atoms with van der Waals surface area (Å²) in [6.45, 7) is 6.68. The Kier molecular flexibility index (Phi) is 5.79. The number of nitrogens with zero attached hydrogens (tertiary/aromatic N) is 5. The van der Waals surface area contributed by atoms with E-state index >= 15 is 0 Å². The summed E-state index contributed by atoms with van der Waals surface area (Å²) in [6.07, 6.45) is 2.58. The van der Waals surface area contributed by atoms with E-state index < -0.39 is 5.92 Å². The third-order valence-electron chi connectivity index (χ3n) is 7.32. The van der Waals surface area contributed by atoms with Crippen molar-refractivity contribution in [3.8, 4) is 0 Å². The number of rotatable bonds is 5. The first-order valence-corrected chi connectivity index (χ1v) is 11.7. The molecule has 0 bridgehead atoms. The van der Waals surface area contributed by atoms with Crippen LogP contribution in [0.4, 0.5) is 19.3 Å². The zero-order chi connectivity index (χ0) is 22.3. The van der Waals surface area contributed by atoms with Crippen LogP contribution in [0, 0.1) is 5.92 Å². The van der Waals surface area contributed by atoms with Crippen LogP contribution in [0.1, 0.15) is 25.7 Å². The summed E-state index contributed by atoms with van der Waals surface area (Å²) in [5.41, 5.74) is 2.66. The first-order chi connectivity index (χ1) is 15.4. The molecule has 3 aliphatic rings. The number of piperazine rings is 1. The Balaban J connectivity index is 1.20. The molecule has 2 aromatic rings. The number of likely N-dealkylation sites (tertiary alicyclic amines) is 1. The van der Waals surface area contributed by atoms with E-state index in [1.54, 1.807) is 6.33 Å². The molecule has 2 aliphatic heterocycles. The van der Waals surface area contributed by atoms with Crippen LogP contribution in [0.5, 0.6) is 0 Å². The highest BCUT2D eigenvalue weighted by molar-refractivity contribution is 5.95. The summed E-state index contributed by atoms with van der Waals surface area (Å²) < 4.78 is 28.2. The number of hydrogen-bond acceptors (Lipinski definition) is 5. The minimum Gasteiger partial charge on any atom is -0.367 e. The molecule has 0 radical (unpaired) electrons. The molecule has 1 aromatic carbocycles. The summed E-state index contributed by atoms with van der Waals surface area (Å²) in [7, 11) is 2.16. The Morgan fingerprint density at radius 3 is 2.69 bits per heavy atom. The minimum absolute atomic E-state index is 0.0181. The Morgan fingerprint density at radius 1 is 1.22 bits per heavy atom. The monoisotopic (exact) mass is 446 g/mol. The van der Waals surface area contributed by atoms with Gasteiger partial charge in [-0.05, 0) is 37.9 Å². The zero-order valence-corrected chi connectivity index (χ0v) is 18.6. The van der Waals surface area contributed by atoms with Crippen molar-refractivity contribution in [3.63, 3.8) is 0 Å². The van der Waals surface area contributed by atoms with Gasteiger partial charge in [-0.2, -0.15) is 0 Å². The molecule has 5 rings (SSSR count). The Hall–Kier alpha value is -2.26. The second-order valence-corrected chi connectivity index (χ2v) is 9.64. The number of benzene rings is 1. The maximum Gasteiger partial charge on any atom is 0.327 e. The van der Waals surface area contributed by atoms with Crippen LogP contribution < -0.4 is 10.2 Å². The van der Waals surface area contributed by atoms with Crippen LogP contribution >= 0.6 is 0 Å². The molecule has 1 amide bonds. The van der Waals surface area contributed by atoms with Crippen molar-refractivity contribution < 1.29 is 13.6 Å². The van der Waals surface area contributed by atoms with E-state index in [2.05, 4.69) is 38.1 Å². The summed E-state index contributed by atoms with van der Waals surface area (Å²) in [5, 5.41) is 2.88. The van der Waals surface area contributed by atoms with E-state index in [1.165, 1.54) is 4.57 Å². The van der Waals surface area contributed by atoms with Gasteiger partial charge in [0.05, 0.1) is 11.2 Å². The second-order valence-electron chi connectivity index (χ2n) is 9.64. The third kappa shape index (κ3) is 4.32. The molecule has 1 atom stereocenters. The number of halogens is 2. The highest BCUT2D eigenvalue weighted by atomic mass is 19.3. The van der Waals surface area contributed by atoms with E-state index in [4.69, 9.17) is 0 Å². The zero-order valence-electron chi connectivity index (χ0n) is 18.6. The Bertz CT molecular complexity index is 965. The fraction of sp³-hybridized carbons (Fsp3) is 0.652. The van der Waals surface area contributed by atoms with E-state index in [9.17, 15) is 13.6 Å². The van der Waals surface area contributed by atoms with Crippen molar-refractivity contribution in [2.45, 2.75) is 37.6 Å². The fourth-order valence-electron chi connectivity index (χ4n) is 5.42. The molecule has 1 N–H and O–H groups in total. The highest BCUT2D eigenvalue weighted by Crippen LogP contribution is 2.40. The van der Waals surface area contributed by atoms with Gasteiger partial charge in [-0.15, -0.1) is 0 Å². The SMILES string of the molecule is CN1CC(N2CCN(c3cccc4c3ncn4C(=O)NCCC3CCC(F)(F)C3)CC2)C1. The van der Waals surface area contributed by atoms with Gasteiger partial charge in [-0.3, -0.25) is 9.47 Å². The summed E-state index contributed by atoms with van der Waals surface area (Å²) in [6, 6.07) is 6.37. The average molecular weight is 447 g/mol. The van der Waals surface area contributed by atoms with Crippen LogP contribution in [-0.2, 0) is 0 Å². The van der Waals surface area contributed by atoms with Gasteiger partial charge in [0.2, 0.25) is 5.92 Å². The van der Waals surface area contributed by atoms with Gasteiger partial charge < -0.3 is 15.1 Å². The Morgan fingerprint density at radius 2 is 2.00 bits per heavy atom. The molecule has 2 saturated heterocycles. The lowest BCUT2D eigenvalue weighted by atomic mass is 10.0. The predicted molar refractivity (Wildman–Crippen MR) is 121 cm³/mol. The number of fused-ring (bicyclic) bond motifs is 1. The number of amides is 1. The highest BCUT2D eigenvalue weighted by Gasteiger charge is 2.39. The molecular formula is C23H32F2N6O. The molecular weight excluding hydrogens is 414 g/mol. The number of aromatic nitrogens is 2. The summed E-state index contributed by atoms with van der Waals surface area (Å²) >= 11 is 0. The quantitative estimate of drug-likeness (QED) is 0.766. The molecule has 9 heteroatoms. The van der Waals surface area contributed by atoms with Gasteiger partial charge in [0, 0.05) is 64.7 Å². The van der Waals surface area contributed by atoms with Crippen LogP contribution in [0.3, 0.4) is 0 Å². The molecule has 3 heterocycles. The van der Waals surface area contributed by atoms with Gasteiger partial charge in [0.15, 0.2) is 0 Å². The number of carbonyl (C=O) groups excluding carboxylic acids is 1. The van der Waals surface area contributed by atoms with Crippen molar-refractivity contribution in [2.24, 2.45) is 5.92 Å². The molecule has 174 valence electrons. The topological polar surface area (TPSA) is 56.6 Å². The molecule has 1 saturated carbocycles. The summed E-state index contributed by atoms with van der Waals surface area (Å²) in [5.74, 6) is -2.55. The second kappa shape index (κ2) is 8.59. The number of para-hydroxylation sites is 1. The van der Waals surface area contributed by atoms with Gasteiger partial charge in [-0.1, -0.05) is 6.07 Å². The lowest BCUT2D eigenvalue weighted by molar-refractivity contribution is 0.00478. The molecule has 7 nitrogen and oxygen atoms in total. The van der Waals surface area contributed by atoms with Gasteiger partial charge in [-0.25, -0.2) is 18.6 Å². The van der Waals surface area contributed by atoms with Crippen LogP contribution in [0.15, 0.2) is 24.5 Å². The molecule has 1 aliphatic carbocycles. The van der Waals surface area contributed by atoms with Gasteiger partial charge in [0.25, 0.3) is 0 Å². The van der Waals surface area contributed by atoms with E-state index in [1.807, 2.05) is 12.1 Å². The number of carbonyl (C=O) groups is 1. The van der Waals surface area contributed by atoms with E-state index in [-0.39, 0.29) is 24.8 Å². The van der Waals surface area contributed by atoms with Crippen molar-refractivity contribution in [2.75, 3.05) is 57.8 Å². The largest absolute Gasteiger partial charge is 0.367 e. The first kappa shape index (κ1) is 21.6. The van der Waals surface area contributed by atoms with Crippen molar-refractivity contribution >= 4 is 22.8 Å². The van der Waals surface area contributed by atoms with Crippen LogP contribution in [0.25, 0.3) is 11.0 Å². The van der Waals surface area contributed by atoms with Gasteiger partial charge in [0.1, 0.15) is 11.8 Å². The average Bonchev–Trinajstić information content (AvgIpc) is 3.34.